The van der Waals surface area contributed by atoms with Gasteiger partial charge in [-0.15, -0.1) is 0 Å². The lowest BCUT2D eigenvalue weighted by atomic mass is 10.0. The van der Waals surface area contributed by atoms with Crippen LogP contribution in [-0.4, -0.2) is 0 Å². The molecule has 0 spiro atoms. The Labute approximate surface area is 134 Å². The van der Waals surface area contributed by atoms with Gasteiger partial charge in [-0.1, -0.05) is 70.3 Å². The molecule has 0 bridgehead atoms. The van der Waals surface area contributed by atoms with Crippen molar-refractivity contribution in [2.75, 3.05) is 0 Å². The molecule has 0 saturated carbocycles. The molecule has 0 fully saturated rings. The van der Waals surface area contributed by atoms with Crippen LogP contribution in [0.2, 0.25) is 5.02 Å². The van der Waals surface area contributed by atoms with Crippen LogP contribution in [0.1, 0.15) is 36.1 Å². The molecule has 0 heterocycles. The van der Waals surface area contributed by atoms with Gasteiger partial charge in [-0.05, 0) is 36.6 Å². The first kappa shape index (κ1) is 15.6. The molecular weight excluding hydrogens is 334 g/mol. The average molecular weight is 353 g/mol. The van der Waals surface area contributed by atoms with Crippen molar-refractivity contribution in [3.05, 3.63) is 68.7 Å². The van der Waals surface area contributed by atoms with Gasteiger partial charge in [-0.3, -0.25) is 0 Å². The topological polar surface area (TPSA) is 12.0 Å². The first-order valence-corrected chi connectivity index (χ1v) is 8.01. The molecule has 1 N–H and O–H groups in total. The molecule has 0 aliphatic rings. The molecular formula is C17H19BrClN. The molecule has 0 aromatic heterocycles. The van der Waals surface area contributed by atoms with Gasteiger partial charge in [0.2, 0.25) is 0 Å². The van der Waals surface area contributed by atoms with Gasteiger partial charge in [0.05, 0.1) is 0 Å². The Hall–Kier alpha value is -0.830. The minimum Gasteiger partial charge on any atom is -0.306 e. The number of nitrogens with one attached hydrogen (secondary N) is 1. The fraction of sp³-hybridized carbons (Fsp3) is 0.294. The molecule has 1 unspecified atom stereocenters. The maximum absolute atomic E-state index is 5.97. The van der Waals surface area contributed by atoms with Crippen LogP contribution in [0, 0.1) is 6.92 Å². The molecule has 3 heteroatoms. The first-order chi connectivity index (χ1) is 9.60. The lowest BCUT2D eigenvalue weighted by Gasteiger charge is -2.18. The zero-order valence-corrected chi connectivity index (χ0v) is 14.1. The summed E-state index contributed by atoms with van der Waals surface area (Å²) in [5.74, 6) is 0. The highest BCUT2D eigenvalue weighted by atomic mass is 79.9. The van der Waals surface area contributed by atoms with E-state index in [4.69, 9.17) is 11.6 Å². The highest BCUT2D eigenvalue weighted by Crippen LogP contribution is 2.23. The summed E-state index contributed by atoms with van der Waals surface area (Å²) in [4.78, 5) is 0. The third-order valence-electron chi connectivity index (χ3n) is 3.44. The number of benzene rings is 2. The second kappa shape index (κ2) is 7.26. The maximum atomic E-state index is 5.97. The summed E-state index contributed by atoms with van der Waals surface area (Å²) in [6.07, 6.45) is 1.06. The molecule has 2 rings (SSSR count). The zero-order chi connectivity index (χ0) is 14.5. The van der Waals surface area contributed by atoms with Crippen molar-refractivity contribution in [1.82, 2.24) is 5.32 Å². The van der Waals surface area contributed by atoms with Crippen molar-refractivity contribution in [3.8, 4) is 0 Å². The van der Waals surface area contributed by atoms with E-state index in [9.17, 15) is 0 Å². The summed E-state index contributed by atoms with van der Waals surface area (Å²) in [5.41, 5.74) is 3.85. The van der Waals surface area contributed by atoms with E-state index < -0.39 is 0 Å². The second-order valence-corrected chi connectivity index (χ2v) is 6.28. The maximum Gasteiger partial charge on any atom is 0.0417 e. The van der Waals surface area contributed by atoms with Crippen molar-refractivity contribution in [1.29, 1.82) is 0 Å². The summed E-state index contributed by atoms with van der Waals surface area (Å²) < 4.78 is 1.05. The Morgan fingerprint density at radius 3 is 2.45 bits per heavy atom. The van der Waals surface area contributed by atoms with E-state index in [0.717, 1.165) is 22.5 Å². The third-order valence-corrected chi connectivity index (χ3v) is 4.42. The van der Waals surface area contributed by atoms with Crippen LogP contribution in [0.3, 0.4) is 0 Å². The minimum atomic E-state index is 0.373. The van der Waals surface area contributed by atoms with Crippen molar-refractivity contribution < 1.29 is 0 Å². The van der Waals surface area contributed by atoms with Crippen LogP contribution in [0.25, 0.3) is 0 Å². The van der Waals surface area contributed by atoms with Crippen molar-refractivity contribution in [3.63, 3.8) is 0 Å². The lowest BCUT2D eigenvalue weighted by Crippen LogP contribution is -2.20. The van der Waals surface area contributed by atoms with Gasteiger partial charge < -0.3 is 5.32 Å². The van der Waals surface area contributed by atoms with Gasteiger partial charge in [-0.2, -0.15) is 0 Å². The standard InChI is InChI=1S/C17H19BrClN/c1-3-17(13-6-4-12(2)5-7-13)20-11-14-8-9-15(19)10-16(14)18/h4-10,17,20H,3,11H2,1-2H3. The highest BCUT2D eigenvalue weighted by Gasteiger charge is 2.09. The zero-order valence-electron chi connectivity index (χ0n) is 11.8. The van der Waals surface area contributed by atoms with Gasteiger partial charge >= 0.3 is 0 Å². The monoisotopic (exact) mass is 351 g/mol. The van der Waals surface area contributed by atoms with Gasteiger partial charge in [0.15, 0.2) is 0 Å². The number of halogens is 2. The smallest absolute Gasteiger partial charge is 0.0417 e. The molecule has 20 heavy (non-hydrogen) atoms. The van der Waals surface area contributed by atoms with E-state index >= 15 is 0 Å². The number of hydrogen-bond acceptors (Lipinski definition) is 1. The van der Waals surface area contributed by atoms with E-state index in [-0.39, 0.29) is 0 Å². The lowest BCUT2D eigenvalue weighted by molar-refractivity contribution is 0.518. The van der Waals surface area contributed by atoms with Crippen molar-refractivity contribution >= 4 is 27.5 Å². The van der Waals surface area contributed by atoms with E-state index in [1.807, 2.05) is 12.1 Å². The van der Waals surface area contributed by atoms with Gasteiger partial charge in [0, 0.05) is 22.1 Å². The molecule has 0 radical (unpaired) electrons. The summed E-state index contributed by atoms with van der Waals surface area (Å²) in [6.45, 7) is 5.14. The Morgan fingerprint density at radius 1 is 1.15 bits per heavy atom. The normalized spacial score (nSPS) is 12.4. The molecule has 0 aliphatic carbocycles. The van der Waals surface area contributed by atoms with Crippen LogP contribution >= 0.6 is 27.5 Å². The Morgan fingerprint density at radius 2 is 1.85 bits per heavy atom. The van der Waals surface area contributed by atoms with Crippen molar-refractivity contribution in [2.45, 2.75) is 32.9 Å². The van der Waals surface area contributed by atoms with Crippen LogP contribution in [0.4, 0.5) is 0 Å². The fourth-order valence-corrected chi connectivity index (χ4v) is 3.02. The molecule has 1 atom stereocenters. The Kier molecular flexibility index (Phi) is 5.64. The summed E-state index contributed by atoms with van der Waals surface area (Å²) in [6, 6.07) is 15.0. The number of aryl methyl sites for hydroxylation is 1. The second-order valence-electron chi connectivity index (χ2n) is 4.99. The van der Waals surface area contributed by atoms with Crippen LogP contribution < -0.4 is 5.32 Å². The summed E-state index contributed by atoms with van der Waals surface area (Å²) in [5, 5.41) is 4.36. The summed E-state index contributed by atoms with van der Waals surface area (Å²) >= 11 is 9.53. The summed E-state index contributed by atoms with van der Waals surface area (Å²) in [7, 11) is 0. The van der Waals surface area contributed by atoms with Crippen LogP contribution in [0.5, 0.6) is 0 Å². The largest absolute Gasteiger partial charge is 0.306 e. The average Bonchev–Trinajstić information content (AvgIpc) is 2.43. The molecule has 106 valence electrons. The molecule has 0 aliphatic heterocycles. The molecule has 0 amide bonds. The Balaban J connectivity index is 2.05. The highest BCUT2D eigenvalue weighted by molar-refractivity contribution is 9.10. The van der Waals surface area contributed by atoms with Crippen LogP contribution in [-0.2, 0) is 6.54 Å². The van der Waals surface area contributed by atoms with E-state index in [2.05, 4.69) is 65.4 Å². The fourth-order valence-electron chi connectivity index (χ4n) is 2.19. The van der Waals surface area contributed by atoms with Gasteiger partial charge in [0.1, 0.15) is 0 Å². The predicted molar refractivity (Wildman–Crippen MR) is 90.2 cm³/mol. The number of hydrogen-bond donors (Lipinski definition) is 1. The molecule has 0 saturated heterocycles. The molecule has 2 aromatic rings. The van der Waals surface area contributed by atoms with Crippen LogP contribution in [0.15, 0.2) is 46.9 Å². The van der Waals surface area contributed by atoms with E-state index in [0.29, 0.717) is 6.04 Å². The third kappa shape index (κ3) is 4.08. The molecule has 2 aromatic carbocycles. The molecule has 1 nitrogen and oxygen atoms in total. The van der Waals surface area contributed by atoms with E-state index in [1.54, 1.807) is 0 Å². The Bertz CT molecular complexity index is 566. The van der Waals surface area contributed by atoms with Crippen molar-refractivity contribution in [2.24, 2.45) is 0 Å². The quantitative estimate of drug-likeness (QED) is 0.733. The van der Waals surface area contributed by atoms with Gasteiger partial charge in [0.25, 0.3) is 0 Å². The van der Waals surface area contributed by atoms with E-state index in [1.165, 1.54) is 16.7 Å². The first-order valence-electron chi connectivity index (χ1n) is 6.84. The number of rotatable bonds is 5. The van der Waals surface area contributed by atoms with Gasteiger partial charge in [-0.25, -0.2) is 0 Å². The predicted octanol–water partition coefficient (Wildman–Crippen LogP) is 5.65. The SMILES string of the molecule is CCC(NCc1ccc(Cl)cc1Br)c1ccc(C)cc1. The minimum absolute atomic E-state index is 0.373.